The molecule has 0 fully saturated rings. The third kappa shape index (κ3) is 11.9. The number of aliphatic carboxylic acids is 1. The predicted molar refractivity (Wildman–Crippen MR) is 141 cm³/mol. The standard InChI is InChI=1S/C28H43NO9/c1-8-18(5)26(32)37-23-11-10-21(15-24(23)38-27(33)19(6)9-2)14-22(25(30)31)29-16-20(7)36-28(34)35-13-12-17(3)4/h10-11,15,17-20,22,29H,8-9,12-14,16H2,1-7H3,(H,30,31)/t18?,19?,20?,22-/m0/s1. The number of nitrogens with one attached hydrogen (secondary N) is 1. The van der Waals surface area contributed by atoms with Crippen molar-refractivity contribution < 1.29 is 43.2 Å². The number of hydrogen-bond acceptors (Lipinski definition) is 9. The zero-order valence-electron chi connectivity index (χ0n) is 23.6. The molecule has 3 unspecified atom stereocenters. The Labute approximate surface area is 225 Å². The van der Waals surface area contributed by atoms with Crippen molar-refractivity contribution in [3.05, 3.63) is 23.8 Å². The predicted octanol–water partition coefficient (Wildman–Crippen LogP) is 4.76. The summed E-state index contributed by atoms with van der Waals surface area (Å²) in [6.07, 6.45) is 0.473. The van der Waals surface area contributed by atoms with E-state index in [9.17, 15) is 24.3 Å². The zero-order chi connectivity index (χ0) is 28.8. The van der Waals surface area contributed by atoms with Gasteiger partial charge in [0.1, 0.15) is 12.1 Å². The summed E-state index contributed by atoms with van der Waals surface area (Å²) >= 11 is 0. The second-order valence-corrected chi connectivity index (χ2v) is 9.95. The fourth-order valence-corrected chi connectivity index (χ4v) is 3.00. The molecule has 2 N–H and O–H groups in total. The van der Waals surface area contributed by atoms with E-state index in [1.807, 2.05) is 27.7 Å². The van der Waals surface area contributed by atoms with Crippen LogP contribution in [0.4, 0.5) is 4.79 Å². The topological polar surface area (TPSA) is 137 Å². The molecule has 10 heteroatoms. The summed E-state index contributed by atoms with van der Waals surface area (Å²) < 4.78 is 21.2. The van der Waals surface area contributed by atoms with Gasteiger partial charge in [-0.1, -0.05) is 47.6 Å². The van der Waals surface area contributed by atoms with Gasteiger partial charge in [0.15, 0.2) is 11.5 Å². The van der Waals surface area contributed by atoms with Gasteiger partial charge in [-0.05, 0) is 56.2 Å². The van der Waals surface area contributed by atoms with Gasteiger partial charge in [0.25, 0.3) is 0 Å². The van der Waals surface area contributed by atoms with E-state index >= 15 is 0 Å². The van der Waals surface area contributed by atoms with Gasteiger partial charge < -0.3 is 29.4 Å². The van der Waals surface area contributed by atoms with Crippen LogP contribution in [-0.4, -0.2) is 54.5 Å². The van der Waals surface area contributed by atoms with Crippen LogP contribution in [-0.2, 0) is 30.3 Å². The summed E-state index contributed by atoms with van der Waals surface area (Å²) in [6.45, 7) is 13.2. The second kappa shape index (κ2) is 16.7. The molecule has 0 saturated heterocycles. The van der Waals surface area contributed by atoms with Crippen LogP contribution in [0, 0.1) is 17.8 Å². The maximum atomic E-state index is 12.5. The van der Waals surface area contributed by atoms with E-state index in [1.165, 1.54) is 12.1 Å². The number of carboxylic acid groups (broad SMARTS) is 1. The number of esters is 2. The first-order valence-electron chi connectivity index (χ1n) is 13.2. The lowest BCUT2D eigenvalue weighted by molar-refractivity contribution is -0.141. The summed E-state index contributed by atoms with van der Waals surface area (Å²) in [5, 5.41) is 12.6. The van der Waals surface area contributed by atoms with E-state index in [2.05, 4.69) is 5.32 Å². The highest BCUT2D eigenvalue weighted by Gasteiger charge is 2.23. The molecule has 0 aliphatic rings. The highest BCUT2D eigenvalue weighted by molar-refractivity contribution is 5.78. The molecule has 0 aliphatic carbocycles. The van der Waals surface area contributed by atoms with Crippen LogP contribution in [0.3, 0.4) is 0 Å². The Hall–Kier alpha value is -3.14. The molecule has 0 heterocycles. The highest BCUT2D eigenvalue weighted by Crippen LogP contribution is 2.31. The highest BCUT2D eigenvalue weighted by atomic mass is 16.7. The molecule has 0 bridgehead atoms. The quantitative estimate of drug-likeness (QED) is 0.224. The monoisotopic (exact) mass is 537 g/mol. The second-order valence-electron chi connectivity index (χ2n) is 9.95. The molecule has 1 rings (SSSR count). The molecule has 0 radical (unpaired) electrons. The van der Waals surface area contributed by atoms with Crippen molar-refractivity contribution >= 4 is 24.1 Å². The lowest BCUT2D eigenvalue weighted by Gasteiger charge is -2.19. The number of carboxylic acids is 1. The molecule has 0 aliphatic heterocycles. The fourth-order valence-electron chi connectivity index (χ4n) is 3.00. The first-order chi connectivity index (χ1) is 17.9. The van der Waals surface area contributed by atoms with Gasteiger partial charge in [0, 0.05) is 6.54 Å². The molecule has 38 heavy (non-hydrogen) atoms. The van der Waals surface area contributed by atoms with Crippen molar-refractivity contribution in [1.29, 1.82) is 0 Å². The van der Waals surface area contributed by atoms with E-state index < -0.39 is 36.2 Å². The molecule has 0 aromatic heterocycles. The van der Waals surface area contributed by atoms with Crippen LogP contribution in [0.1, 0.15) is 73.3 Å². The Morgan fingerprint density at radius 1 is 0.895 bits per heavy atom. The van der Waals surface area contributed by atoms with Crippen molar-refractivity contribution in [3.63, 3.8) is 0 Å². The van der Waals surface area contributed by atoms with E-state index in [4.69, 9.17) is 18.9 Å². The summed E-state index contributed by atoms with van der Waals surface area (Å²) in [7, 11) is 0. The minimum absolute atomic E-state index is 0.0361. The number of rotatable bonds is 16. The third-order valence-corrected chi connectivity index (χ3v) is 6.06. The zero-order valence-corrected chi connectivity index (χ0v) is 23.6. The molecule has 1 aromatic rings. The molecule has 0 saturated carbocycles. The fraction of sp³-hybridized carbons (Fsp3) is 0.643. The van der Waals surface area contributed by atoms with E-state index in [0.29, 0.717) is 30.7 Å². The number of carbonyl (C=O) groups excluding carboxylic acids is 3. The molecular formula is C28H43NO9. The summed E-state index contributed by atoms with van der Waals surface area (Å²) in [6, 6.07) is 3.59. The van der Waals surface area contributed by atoms with E-state index in [0.717, 1.165) is 0 Å². The van der Waals surface area contributed by atoms with Gasteiger partial charge in [-0.15, -0.1) is 0 Å². The van der Waals surface area contributed by atoms with Crippen molar-refractivity contribution in [1.82, 2.24) is 5.32 Å². The maximum absolute atomic E-state index is 12.5. The smallest absolute Gasteiger partial charge is 0.480 e. The van der Waals surface area contributed by atoms with Crippen LogP contribution < -0.4 is 14.8 Å². The van der Waals surface area contributed by atoms with Gasteiger partial charge in [0.05, 0.1) is 18.4 Å². The molecule has 0 spiro atoms. The van der Waals surface area contributed by atoms with Crippen LogP contribution in [0.25, 0.3) is 0 Å². The number of benzene rings is 1. The maximum Gasteiger partial charge on any atom is 0.508 e. The summed E-state index contributed by atoms with van der Waals surface area (Å²) in [5.41, 5.74) is 0.543. The van der Waals surface area contributed by atoms with Crippen LogP contribution in [0.5, 0.6) is 11.5 Å². The third-order valence-electron chi connectivity index (χ3n) is 6.06. The van der Waals surface area contributed by atoms with E-state index in [1.54, 1.807) is 26.8 Å². The van der Waals surface area contributed by atoms with Gasteiger partial charge in [0.2, 0.25) is 0 Å². The van der Waals surface area contributed by atoms with Crippen LogP contribution >= 0.6 is 0 Å². The Morgan fingerprint density at radius 3 is 2.00 bits per heavy atom. The molecular weight excluding hydrogens is 494 g/mol. The Morgan fingerprint density at radius 2 is 1.47 bits per heavy atom. The van der Waals surface area contributed by atoms with Crippen molar-refractivity contribution in [2.45, 2.75) is 86.3 Å². The van der Waals surface area contributed by atoms with Gasteiger partial charge in [-0.2, -0.15) is 0 Å². The van der Waals surface area contributed by atoms with Crippen LogP contribution in [0.2, 0.25) is 0 Å². The first kappa shape index (κ1) is 32.9. The lowest BCUT2D eigenvalue weighted by atomic mass is 10.0. The average molecular weight is 538 g/mol. The minimum atomic E-state index is -1.11. The Bertz CT molecular complexity index is 931. The minimum Gasteiger partial charge on any atom is -0.480 e. The molecule has 10 nitrogen and oxygen atoms in total. The molecule has 4 atom stereocenters. The van der Waals surface area contributed by atoms with Crippen molar-refractivity contribution in [2.24, 2.45) is 17.8 Å². The SMILES string of the molecule is CCC(C)C(=O)Oc1ccc(C[C@H](NCC(C)OC(=O)OCCC(C)C)C(=O)O)cc1OC(=O)C(C)CC. The Balaban J connectivity index is 2.93. The molecule has 1 aromatic carbocycles. The Kier molecular flexibility index (Phi) is 14.4. The first-order valence-corrected chi connectivity index (χ1v) is 13.2. The summed E-state index contributed by atoms with van der Waals surface area (Å²) in [5.74, 6) is -2.23. The lowest BCUT2D eigenvalue weighted by Crippen LogP contribution is -2.42. The van der Waals surface area contributed by atoms with Gasteiger partial charge in [-0.3, -0.25) is 14.4 Å². The largest absolute Gasteiger partial charge is 0.508 e. The molecule has 214 valence electrons. The van der Waals surface area contributed by atoms with Crippen molar-refractivity contribution in [3.8, 4) is 11.5 Å². The average Bonchev–Trinajstić information content (AvgIpc) is 2.86. The summed E-state index contributed by atoms with van der Waals surface area (Å²) in [4.78, 5) is 48.5. The number of hydrogen-bond donors (Lipinski definition) is 2. The molecule has 0 amide bonds. The number of ether oxygens (including phenoxy) is 4. The van der Waals surface area contributed by atoms with E-state index in [-0.39, 0.29) is 42.9 Å². The van der Waals surface area contributed by atoms with Crippen LogP contribution in [0.15, 0.2) is 18.2 Å². The van der Waals surface area contributed by atoms with Gasteiger partial charge in [-0.25, -0.2) is 4.79 Å². The van der Waals surface area contributed by atoms with Crippen molar-refractivity contribution in [2.75, 3.05) is 13.2 Å². The normalized spacial score (nSPS) is 14.2. The van der Waals surface area contributed by atoms with Gasteiger partial charge >= 0.3 is 24.1 Å². The number of carbonyl (C=O) groups is 4.